The van der Waals surface area contributed by atoms with Gasteiger partial charge >= 0.3 is 0 Å². The minimum absolute atomic E-state index is 0.227. The molecule has 146 valence electrons. The minimum Gasteiger partial charge on any atom is -0.497 e. The molecule has 1 N–H and O–H groups in total. The van der Waals surface area contributed by atoms with Gasteiger partial charge in [-0.2, -0.15) is 0 Å². The van der Waals surface area contributed by atoms with Crippen molar-refractivity contribution in [2.75, 3.05) is 12.9 Å². The number of methoxy groups -OCH3 is 1. The molecule has 0 aliphatic heterocycles. The molecule has 1 unspecified atom stereocenters. The van der Waals surface area contributed by atoms with Crippen LogP contribution in [0.2, 0.25) is 0 Å². The van der Waals surface area contributed by atoms with E-state index in [0.717, 1.165) is 24.3 Å². The normalized spacial score (nSPS) is 36.4. The van der Waals surface area contributed by atoms with Crippen molar-refractivity contribution < 1.29 is 9.84 Å². The SMILES string of the molecule is COc1cc(C)cc(SCC2[C@](C)(O)CC[C@H]3C(C)(C)CCC[C@]23C)c1. The summed E-state index contributed by atoms with van der Waals surface area (Å²) in [6, 6.07) is 6.43. The smallest absolute Gasteiger partial charge is 0.120 e. The highest BCUT2D eigenvalue weighted by Crippen LogP contribution is 2.62. The van der Waals surface area contributed by atoms with E-state index in [9.17, 15) is 5.11 Å². The minimum atomic E-state index is -0.570. The maximum absolute atomic E-state index is 11.3. The van der Waals surface area contributed by atoms with E-state index in [4.69, 9.17) is 4.74 Å². The van der Waals surface area contributed by atoms with Crippen LogP contribution < -0.4 is 4.74 Å². The summed E-state index contributed by atoms with van der Waals surface area (Å²) in [5.74, 6) is 2.93. The van der Waals surface area contributed by atoms with E-state index in [1.54, 1.807) is 7.11 Å². The maximum Gasteiger partial charge on any atom is 0.120 e. The number of ether oxygens (including phenoxy) is 1. The van der Waals surface area contributed by atoms with E-state index in [2.05, 4.69) is 52.8 Å². The Hall–Kier alpha value is -0.670. The van der Waals surface area contributed by atoms with Crippen molar-refractivity contribution in [1.29, 1.82) is 0 Å². The molecule has 2 saturated carbocycles. The highest BCUT2D eigenvalue weighted by molar-refractivity contribution is 7.99. The lowest BCUT2D eigenvalue weighted by atomic mass is 9.46. The predicted molar refractivity (Wildman–Crippen MR) is 111 cm³/mol. The molecule has 26 heavy (non-hydrogen) atoms. The lowest BCUT2D eigenvalue weighted by Crippen LogP contribution is -2.58. The van der Waals surface area contributed by atoms with Gasteiger partial charge in [0, 0.05) is 16.6 Å². The fourth-order valence-corrected chi connectivity index (χ4v) is 7.66. The molecule has 0 radical (unpaired) electrons. The number of benzene rings is 1. The molecular weight excluding hydrogens is 340 g/mol. The Balaban J connectivity index is 1.85. The van der Waals surface area contributed by atoms with E-state index in [1.807, 2.05) is 11.8 Å². The summed E-state index contributed by atoms with van der Waals surface area (Å²) in [5.41, 5.74) is 1.27. The highest BCUT2D eigenvalue weighted by atomic mass is 32.2. The Bertz CT molecular complexity index is 652. The largest absolute Gasteiger partial charge is 0.497 e. The van der Waals surface area contributed by atoms with Crippen molar-refractivity contribution >= 4 is 11.8 Å². The molecule has 0 bridgehead atoms. The molecule has 0 heterocycles. The molecule has 4 atom stereocenters. The molecule has 2 nitrogen and oxygen atoms in total. The first-order chi connectivity index (χ1) is 12.1. The van der Waals surface area contributed by atoms with Gasteiger partial charge in [-0.15, -0.1) is 11.8 Å². The Morgan fingerprint density at radius 1 is 1.12 bits per heavy atom. The Kier molecular flexibility index (Phi) is 5.45. The zero-order chi connectivity index (χ0) is 19.2. The van der Waals surface area contributed by atoms with Gasteiger partial charge in [-0.3, -0.25) is 0 Å². The molecule has 1 aromatic rings. The van der Waals surface area contributed by atoms with Crippen LogP contribution in [0.15, 0.2) is 23.1 Å². The van der Waals surface area contributed by atoms with Gasteiger partial charge in [-0.1, -0.05) is 27.2 Å². The molecule has 1 aromatic carbocycles. The topological polar surface area (TPSA) is 29.5 Å². The van der Waals surface area contributed by atoms with Gasteiger partial charge in [0.1, 0.15) is 5.75 Å². The first-order valence-corrected chi connectivity index (χ1v) is 11.1. The highest BCUT2D eigenvalue weighted by Gasteiger charge is 2.57. The number of hydrogen-bond donors (Lipinski definition) is 1. The van der Waals surface area contributed by atoms with Gasteiger partial charge in [0.2, 0.25) is 0 Å². The van der Waals surface area contributed by atoms with Crippen LogP contribution in [-0.4, -0.2) is 23.6 Å². The second-order valence-corrected chi connectivity index (χ2v) is 10.9. The first kappa shape index (κ1) is 20.1. The summed E-state index contributed by atoms with van der Waals surface area (Å²) in [5, 5.41) is 11.3. The van der Waals surface area contributed by atoms with Crippen LogP contribution in [0, 0.1) is 29.6 Å². The maximum atomic E-state index is 11.3. The van der Waals surface area contributed by atoms with Gasteiger partial charge in [0.25, 0.3) is 0 Å². The third kappa shape index (κ3) is 3.67. The number of hydrogen-bond acceptors (Lipinski definition) is 3. The van der Waals surface area contributed by atoms with Crippen molar-refractivity contribution in [2.45, 2.75) is 77.2 Å². The zero-order valence-electron chi connectivity index (χ0n) is 17.4. The zero-order valence-corrected chi connectivity index (χ0v) is 18.2. The predicted octanol–water partition coefficient (Wildman–Crippen LogP) is 6.09. The Labute approximate surface area is 164 Å². The summed E-state index contributed by atoms with van der Waals surface area (Å²) < 4.78 is 5.44. The van der Waals surface area contributed by atoms with Gasteiger partial charge in [0.05, 0.1) is 12.7 Å². The summed E-state index contributed by atoms with van der Waals surface area (Å²) >= 11 is 1.89. The third-order valence-corrected chi connectivity index (χ3v) is 8.51. The third-order valence-electron chi connectivity index (χ3n) is 7.44. The van der Waals surface area contributed by atoms with Crippen LogP contribution in [0.3, 0.4) is 0 Å². The number of fused-ring (bicyclic) bond motifs is 1. The summed E-state index contributed by atoms with van der Waals surface area (Å²) in [6.45, 7) is 11.6. The molecule has 0 aromatic heterocycles. The molecule has 0 spiro atoms. The van der Waals surface area contributed by atoms with E-state index in [-0.39, 0.29) is 5.41 Å². The summed E-state index contributed by atoms with van der Waals surface area (Å²) in [6.07, 6.45) is 5.95. The standard InChI is InChI=1S/C23H36O2S/c1-16-12-17(25-6)14-18(13-16)26-15-20-22(4)10-7-9-21(2,3)19(22)8-11-23(20,5)24/h12-14,19-20,24H,7-11,15H2,1-6H3/t19-,20?,22-,23+/m0/s1. The van der Waals surface area contributed by atoms with Crippen LogP contribution in [-0.2, 0) is 0 Å². The second kappa shape index (κ2) is 7.05. The average Bonchev–Trinajstić information content (AvgIpc) is 2.52. The van der Waals surface area contributed by atoms with Crippen LogP contribution in [0.25, 0.3) is 0 Å². The fraction of sp³-hybridized carbons (Fsp3) is 0.739. The van der Waals surface area contributed by atoms with Crippen LogP contribution >= 0.6 is 11.8 Å². The van der Waals surface area contributed by atoms with Gasteiger partial charge < -0.3 is 9.84 Å². The number of rotatable bonds is 4. The quantitative estimate of drug-likeness (QED) is 0.645. The second-order valence-electron chi connectivity index (χ2n) is 9.85. The number of thioether (sulfide) groups is 1. The molecule has 2 fully saturated rings. The van der Waals surface area contributed by atoms with E-state index < -0.39 is 5.60 Å². The first-order valence-electron chi connectivity index (χ1n) is 10.1. The Morgan fingerprint density at radius 2 is 1.85 bits per heavy atom. The van der Waals surface area contributed by atoms with Gasteiger partial charge in [0.15, 0.2) is 0 Å². The van der Waals surface area contributed by atoms with Crippen LogP contribution in [0.5, 0.6) is 5.75 Å². The fourth-order valence-electron chi connectivity index (χ4n) is 6.09. The monoisotopic (exact) mass is 376 g/mol. The Morgan fingerprint density at radius 3 is 2.54 bits per heavy atom. The van der Waals surface area contributed by atoms with Gasteiger partial charge in [-0.05, 0) is 80.0 Å². The molecular formula is C23H36O2S. The number of aryl methyl sites for hydroxylation is 1. The van der Waals surface area contributed by atoms with Crippen molar-refractivity contribution in [1.82, 2.24) is 0 Å². The molecule has 3 rings (SSSR count). The summed E-state index contributed by atoms with van der Waals surface area (Å²) in [7, 11) is 1.73. The lowest BCUT2D eigenvalue weighted by Gasteiger charge is -2.61. The van der Waals surface area contributed by atoms with E-state index in [1.165, 1.54) is 29.7 Å². The average molecular weight is 377 g/mol. The van der Waals surface area contributed by atoms with E-state index in [0.29, 0.717) is 17.3 Å². The van der Waals surface area contributed by atoms with E-state index >= 15 is 0 Å². The summed E-state index contributed by atoms with van der Waals surface area (Å²) in [4.78, 5) is 1.25. The van der Waals surface area contributed by atoms with Crippen LogP contribution in [0.4, 0.5) is 0 Å². The molecule has 2 aliphatic rings. The molecule has 0 amide bonds. The van der Waals surface area contributed by atoms with Crippen molar-refractivity contribution in [3.05, 3.63) is 23.8 Å². The molecule has 3 heteroatoms. The molecule has 2 aliphatic carbocycles. The van der Waals surface area contributed by atoms with Crippen LogP contribution in [0.1, 0.15) is 65.4 Å². The van der Waals surface area contributed by atoms with Crippen molar-refractivity contribution in [2.24, 2.45) is 22.7 Å². The molecule has 0 saturated heterocycles. The van der Waals surface area contributed by atoms with Gasteiger partial charge in [-0.25, -0.2) is 0 Å². The van der Waals surface area contributed by atoms with Crippen molar-refractivity contribution in [3.8, 4) is 5.75 Å². The lowest BCUT2D eigenvalue weighted by molar-refractivity contribution is -0.158. The van der Waals surface area contributed by atoms with Crippen molar-refractivity contribution in [3.63, 3.8) is 0 Å². The number of aliphatic hydroxyl groups is 1.